The lowest BCUT2D eigenvalue weighted by Gasteiger charge is -2.28. The number of carbonyl (C=O) groups excluding carboxylic acids is 2. The molecule has 2 amide bonds. The normalized spacial score (nSPS) is 11.4. The van der Waals surface area contributed by atoms with Crippen molar-refractivity contribution in [1.82, 2.24) is 10.2 Å². The molecule has 0 spiro atoms. The molecule has 0 aromatic heterocycles. The van der Waals surface area contributed by atoms with E-state index < -0.39 is 6.04 Å². The molecule has 0 bridgehead atoms. The third-order valence-electron chi connectivity index (χ3n) is 4.13. The van der Waals surface area contributed by atoms with Crippen LogP contribution < -0.4 is 14.8 Å². The summed E-state index contributed by atoms with van der Waals surface area (Å²) in [6.45, 7) is 1.63. The van der Waals surface area contributed by atoms with Gasteiger partial charge < -0.3 is 19.7 Å². The zero-order chi connectivity index (χ0) is 19.8. The molecule has 1 N–H and O–H groups in total. The van der Waals surface area contributed by atoms with E-state index in [1.807, 2.05) is 24.3 Å². The predicted molar refractivity (Wildman–Crippen MR) is 104 cm³/mol. The molecular weight excluding hydrogens is 368 g/mol. The fraction of sp³-hybridized carbons (Fsp3) is 0.300. The molecule has 0 radical (unpaired) electrons. The number of carbonyl (C=O) groups is 2. The van der Waals surface area contributed by atoms with Gasteiger partial charge in [-0.25, -0.2) is 0 Å². The fourth-order valence-corrected chi connectivity index (χ4v) is 2.76. The molecule has 6 nitrogen and oxygen atoms in total. The van der Waals surface area contributed by atoms with Crippen LogP contribution in [0.2, 0.25) is 5.02 Å². The molecule has 27 heavy (non-hydrogen) atoms. The number of hydrogen-bond acceptors (Lipinski definition) is 4. The van der Waals surface area contributed by atoms with Crippen molar-refractivity contribution in [3.8, 4) is 11.5 Å². The van der Waals surface area contributed by atoms with Gasteiger partial charge in [0, 0.05) is 18.6 Å². The summed E-state index contributed by atoms with van der Waals surface area (Å²) in [4.78, 5) is 26.4. The molecule has 1 atom stereocenters. The van der Waals surface area contributed by atoms with Crippen LogP contribution in [0.1, 0.15) is 12.5 Å². The second kappa shape index (κ2) is 9.83. The van der Waals surface area contributed by atoms with E-state index in [4.69, 9.17) is 21.1 Å². The Kier molecular flexibility index (Phi) is 7.49. The zero-order valence-corrected chi connectivity index (χ0v) is 16.3. The van der Waals surface area contributed by atoms with Crippen molar-refractivity contribution >= 4 is 23.4 Å². The van der Waals surface area contributed by atoms with E-state index in [9.17, 15) is 9.59 Å². The fourth-order valence-electron chi connectivity index (χ4n) is 2.56. The largest absolute Gasteiger partial charge is 0.493 e. The summed E-state index contributed by atoms with van der Waals surface area (Å²) in [7, 11) is 3.06. The molecule has 2 aromatic rings. The average Bonchev–Trinajstić information content (AvgIpc) is 2.70. The number of ether oxygens (including phenoxy) is 2. The van der Waals surface area contributed by atoms with Crippen molar-refractivity contribution in [3.05, 3.63) is 59.1 Å². The number of nitrogens with one attached hydrogen (secondary N) is 1. The Morgan fingerprint density at radius 3 is 2.37 bits per heavy atom. The Labute approximate surface area is 164 Å². The molecule has 0 saturated heterocycles. The molecule has 144 valence electrons. The number of rotatable bonds is 8. The first-order valence-electron chi connectivity index (χ1n) is 8.48. The molecule has 0 heterocycles. The van der Waals surface area contributed by atoms with Gasteiger partial charge in [0.2, 0.25) is 5.91 Å². The minimum Gasteiger partial charge on any atom is -0.493 e. The topological polar surface area (TPSA) is 67.9 Å². The predicted octanol–water partition coefficient (Wildman–Crippen LogP) is 2.89. The number of halogens is 1. The Bertz CT molecular complexity index is 797. The number of amides is 2. The maximum absolute atomic E-state index is 12.8. The van der Waals surface area contributed by atoms with Crippen LogP contribution in [0.3, 0.4) is 0 Å². The van der Waals surface area contributed by atoms with Crippen molar-refractivity contribution in [2.45, 2.75) is 19.5 Å². The minimum absolute atomic E-state index is 0.197. The maximum Gasteiger partial charge on any atom is 0.261 e. The van der Waals surface area contributed by atoms with Gasteiger partial charge in [-0.15, -0.1) is 0 Å². The summed E-state index contributed by atoms with van der Waals surface area (Å²) in [6, 6.07) is 13.6. The monoisotopic (exact) mass is 390 g/mol. The molecular formula is C20H23ClN2O4. The molecule has 0 unspecified atom stereocenters. The van der Waals surface area contributed by atoms with Gasteiger partial charge in [-0.2, -0.15) is 0 Å². The number of methoxy groups -OCH3 is 1. The molecule has 2 rings (SSSR count). The van der Waals surface area contributed by atoms with Crippen molar-refractivity contribution in [1.29, 1.82) is 0 Å². The Morgan fingerprint density at radius 2 is 1.74 bits per heavy atom. The van der Waals surface area contributed by atoms with Crippen LogP contribution in [0.5, 0.6) is 11.5 Å². The van der Waals surface area contributed by atoms with Gasteiger partial charge >= 0.3 is 0 Å². The summed E-state index contributed by atoms with van der Waals surface area (Å²) < 4.78 is 10.8. The van der Waals surface area contributed by atoms with Crippen LogP contribution in [-0.4, -0.2) is 43.5 Å². The first-order chi connectivity index (χ1) is 13.0. The highest BCUT2D eigenvalue weighted by molar-refractivity contribution is 6.31. The second-order valence-corrected chi connectivity index (χ2v) is 6.25. The Balaban J connectivity index is 2.17. The number of hydrogen-bond donors (Lipinski definition) is 1. The van der Waals surface area contributed by atoms with Gasteiger partial charge in [0.05, 0.1) is 7.11 Å². The molecule has 0 aliphatic rings. The van der Waals surface area contributed by atoms with Crippen LogP contribution in [0, 0.1) is 0 Å². The molecule has 2 aromatic carbocycles. The summed E-state index contributed by atoms with van der Waals surface area (Å²) in [5.74, 6) is 0.380. The van der Waals surface area contributed by atoms with Crippen LogP contribution in [0.4, 0.5) is 0 Å². The van der Waals surface area contributed by atoms with E-state index in [0.717, 1.165) is 5.56 Å². The molecule has 0 saturated carbocycles. The van der Waals surface area contributed by atoms with E-state index >= 15 is 0 Å². The lowest BCUT2D eigenvalue weighted by atomic mass is 10.1. The third-order valence-corrected chi connectivity index (χ3v) is 4.50. The highest BCUT2D eigenvalue weighted by Crippen LogP contribution is 2.26. The van der Waals surface area contributed by atoms with E-state index in [1.165, 1.54) is 19.1 Å². The zero-order valence-electron chi connectivity index (χ0n) is 15.6. The van der Waals surface area contributed by atoms with Gasteiger partial charge in [0.25, 0.3) is 5.91 Å². The van der Waals surface area contributed by atoms with Gasteiger partial charge in [-0.3, -0.25) is 9.59 Å². The Hall–Kier alpha value is -2.73. The summed E-state index contributed by atoms with van der Waals surface area (Å²) in [5.41, 5.74) is 0.751. The lowest BCUT2D eigenvalue weighted by molar-refractivity contribution is -0.142. The van der Waals surface area contributed by atoms with Crippen molar-refractivity contribution < 1.29 is 19.1 Å². The van der Waals surface area contributed by atoms with E-state index in [0.29, 0.717) is 16.5 Å². The smallest absolute Gasteiger partial charge is 0.261 e. The van der Waals surface area contributed by atoms with E-state index in [-0.39, 0.29) is 25.0 Å². The molecule has 0 fully saturated rings. The quantitative estimate of drug-likeness (QED) is 0.752. The summed E-state index contributed by atoms with van der Waals surface area (Å²) >= 11 is 6.22. The highest BCUT2D eigenvalue weighted by atomic mass is 35.5. The number of benzene rings is 2. The van der Waals surface area contributed by atoms with Crippen LogP contribution in [0.25, 0.3) is 0 Å². The van der Waals surface area contributed by atoms with Crippen molar-refractivity contribution in [3.63, 3.8) is 0 Å². The molecule has 0 aliphatic heterocycles. The number of likely N-dealkylation sites (N-methyl/N-ethyl adjacent to an activating group) is 1. The van der Waals surface area contributed by atoms with Gasteiger partial charge in [0.15, 0.2) is 18.1 Å². The van der Waals surface area contributed by atoms with Gasteiger partial charge in [-0.1, -0.05) is 41.9 Å². The van der Waals surface area contributed by atoms with Gasteiger partial charge in [-0.05, 0) is 30.7 Å². The summed E-state index contributed by atoms with van der Waals surface area (Å²) in [5, 5.41) is 3.10. The summed E-state index contributed by atoms with van der Waals surface area (Å²) in [6.07, 6.45) is 0. The molecule has 0 aliphatic carbocycles. The van der Waals surface area contributed by atoms with E-state index in [1.54, 1.807) is 31.2 Å². The van der Waals surface area contributed by atoms with E-state index in [2.05, 4.69) is 5.32 Å². The SMILES string of the molecule is CNC(=O)[C@@H](C)N(Cc1ccccc1Cl)C(=O)COc1ccccc1OC. The highest BCUT2D eigenvalue weighted by Gasteiger charge is 2.26. The van der Waals surface area contributed by atoms with Gasteiger partial charge in [0.1, 0.15) is 6.04 Å². The molecule has 7 heteroatoms. The second-order valence-electron chi connectivity index (χ2n) is 5.84. The van der Waals surface area contributed by atoms with Crippen molar-refractivity contribution in [2.75, 3.05) is 20.8 Å². The number of para-hydroxylation sites is 2. The maximum atomic E-state index is 12.8. The number of nitrogens with zero attached hydrogens (tertiary/aromatic N) is 1. The third kappa shape index (κ3) is 5.37. The average molecular weight is 391 g/mol. The standard InChI is InChI=1S/C20H23ClN2O4/c1-14(20(25)22-2)23(12-15-8-4-5-9-16(15)21)19(24)13-27-18-11-7-6-10-17(18)26-3/h4-11,14H,12-13H2,1-3H3,(H,22,25)/t14-/m1/s1. The Morgan fingerprint density at radius 1 is 1.11 bits per heavy atom. The first-order valence-corrected chi connectivity index (χ1v) is 8.86. The van der Waals surface area contributed by atoms with Crippen molar-refractivity contribution in [2.24, 2.45) is 0 Å². The van der Waals surface area contributed by atoms with Crippen LogP contribution >= 0.6 is 11.6 Å². The van der Waals surface area contributed by atoms with Crippen LogP contribution in [0.15, 0.2) is 48.5 Å². The minimum atomic E-state index is -0.681. The first kappa shape index (κ1) is 20.6. The van der Waals surface area contributed by atoms with Crippen LogP contribution in [-0.2, 0) is 16.1 Å². The lowest BCUT2D eigenvalue weighted by Crippen LogP contribution is -2.48.